The largest absolute Gasteiger partial charge is 0.493 e. The molecule has 82 valence electrons. The van der Waals surface area contributed by atoms with E-state index in [1.807, 2.05) is 26.0 Å². The second-order valence-electron chi connectivity index (χ2n) is 3.40. The predicted octanol–water partition coefficient (Wildman–Crippen LogP) is 3.89. The summed E-state index contributed by atoms with van der Waals surface area (Å²) >= 11 is 3.44. The van der Waals surface area contributed by atoms with Gasteiger partial charge in [-0.05, 0) is 31.5 Å². The van der Waals surface area contributed by atoms with Crippen LogP contribution in [0.4, 0.5) is 0 Å². The fourth-order valence-corrected chi connectivity index (χ4v) is 1.70. The van der Waals surface area contributed by atoms with E-state index in [0.717, 1.165) is 21.5 Å². The van der Waals surface area contributed by atoms with Gasteiger partial charge in [0.2, 0.25) is 0 Å². The molecular formula is C12H15BrO2. The summed E-state index contributed by atoms with van der Waals surface area (Å²) in [6, 6.07) is 3.80. The van der Waals surface area contributed by atoms with E-state index in [2.05, 4.69) is 22.5 Å². The highest BCUT2D eigenvalue weighted by Gasteiger charge is 2.09. The van der Waals surface area contributed by atoms with Crippen LogP contribution in [-0.4, -0.2) is 13.2 Å². The van der Waals surface area contributed by atoms with Gasteiger partial charge in [-0.1, -0.05) is 28.6 Å². The van der Waals surface area contributed by atoms with E-state index < -0.39 is 0 Å². The lowest BCUT2D eigenvalue weighted by Gasteiger charge is -2.14. The standard InChI is InChI=1S/C12H15BrO2/c1-5-9-6-12(15-8(2)3)11(14-4)7-10(9)13/h5-8H,1H2,2-4H3. The Kier molecular flexibility index (Phi) is 4.21. The molecule has 0 N–H and O–H groups in total. The second-order valence-corrected chi connectivity index (χ2v) is 4.25. The van der Waals surface area contributed by atoms with Gasteiger partial charge in [-0.25, -0.2) is 0 Å². The molecule has 15 heavy (non-hydrogen) atoms. The van der Waals surface area contributed by atoms with Gasteiger partial charge < -0.3 is 9.47 Å². The average molecular weight is 271 g/mol. The van der Waals surface area contributed by atoms with E-state index >= 15 is 0 Å². The number of halogens is 1. The van der Waals surface area contributed by atoms with E-state index in [9.17, 15) is 0 Å². The first kappa shape index (κ1) is 12.1. The van der Waals surface area contributed by atoms with Crippen molar-refractivity contribution < 1.29 is 9.47 Å². The molecule has 0 aliphatic rings. The van der Waals surface area contributed by atoms with Gasteiger partial charge in [0.1, 0.15) is 0 Å². The summed E-state index contributed by atoms with van der Waals surface area (Å²) < 4.78 is 11.8. The zero-order valence-electron chi connectivity index (χ0n) is 9.21. The molecule has 0 heterocycles. The maximum atomic E-state index is 5.64. The van der Waals surface area contributed by atoms with Gasteiger partial charge in [0.25, 0.3) is 0 Å². The molecule has 0 unspecified atom stereocenters. The molecular weight excluding hydrogens is 256 g/mol. The van der Waals surface area contributed by atoms with Crippen LogP contribution in [0.15, 0.2) is 23.2 Å². The summed E-state index contributed by atoms with van der Waals surface area (Å²) in [5, 5.41) is 0. The van der Waals surface area contributed by atoms with Gasteiger partial charge in [-0.3, -0.25) is 0 Å². The molecule has 0 aliphatic carbocycles. The third kappa shape index (κ3) is 2.99. The third-order valence-electron chi connectivity index (χ3n) is 1.87. The summed E-state index contributed by atoms with van der Waals surface area (Å²) in [4.78, 5) is 0. The van der Waals surface area contributed by atoms with Crippen LogP contribution in [0.2, 0.25) is 0 Å². The molecule has 0 fully saturated rings. The molecule has 0 bridgehead atoms. The van der Waals surface area contributed by atoms with Crippen molar-refractivity contribution in [2.45, 2.75) is 20.0 Å². The predicted molar refractivity (Wildman–Crippen MR) is 66.5 cm³/mol. The molecule has 1 aromatic carbocycles. The minimum absolute atomic E-state index is 0.123. The lowest BCUT2D eigenvalue weighted by molar-refractivity contribution is 0.230. The first-order valence-electron chi connectivity index (χ1n) is 4.75. The van der Waals surface area contributed by atoms with E-state index in [0.29, 0.717) is 0 Å². The van der Waals surface area contributed by atoms with Crippen LogP contribution in [0.3, 0.4) is 0 Å². The number of ether oxygens (including phenoxy) is 2. The van der Waals surface area contributed by atoms with Gasteiger partial charge >= 0.3 is 0 Å². The molecule has 3 heteroatoms. The minimum atomic E-state index is 0.123. The summed E-state index contributed by atoms with van der Waals surface area (Å²) in [5.41, 5.74) is 0.992. The molecule has 0 saturated heterocycles. The van der Waals surface area contributed by atoms with Crippen molar-refractivity contribution in [1.29, 1.82) is 0 Å². The van der Waals surface area contributed by atoms with Gasteiger partial charge in [0.15, 0.2) is 11.5 Å². The highest BCUT2D eigenvalue weighted by molar-refractivity contribution is 9.10. The quantitative estimate of drug-likeness (QED) is 0.827. The molecule has 2 nitrogen and oxygen atoms in total. The average Bonchev–Trinajstić information content (AvgIpc) is 2.19. The van der Waals surface area contributed by atoms with Crippen molar-refractivity contribution in [3.8, 4) is 11.5 Å². The third-order valence-corrected chi connectivity index (χ3v) is 2.55. The smallest absolute Gasteiger partial charge is 0.162 e. The maximum Gasteiger partial charge on any atom is 0.162 e. The lowest BCUT2D eigenvalue weighted by atomic mass is 10.2. The lowest BCUT2D eigenvalue weighted by Crippen LogP contribution is -2.06. The van der Waals surface area contributed by atoms with E-state index in [1.165, 1.54) is 0 Å². The summed E-state index contributed by atoms with van der Waals surface area (Å²) in [5.74, 6) is 1.46. The Morgan fingerprint density at radius 1 is 1.33 bits per heavy atom. The van der Waals surface area contributed by atoms with Crippen LogP contribution < -0.4 is 9.47 Å². The molecule has 1 rings (SSSR count). The molecule has 0 amide bonds. The van der Waals surface area contributed by atoms with E-state index in [4.69, 9.17) is 9.47 Å². The summed E-state index contributed by atoms with van der Waals surface area (Å²) in [7, 11) is 1.63. The highest BCUT2D eigenvalue weighted by Crippen LogP contribution is 2.34. The van der Waals surface area contributed by atoms with Crippen molar-refractivity contribution in [3.05, 3.63) is 28.7 Å². The van der Waals surface area contributed by atoms with Crippen LogP contribution in [-0.2, 0) is 0 Å². The highest BCUT2D eigenvalue weighted by atomic mass is 79.9. The second kappa shape index (κ2) is 5.21. The number of rotatable bonds is 4. The van der Waals surface area contributed by atoms with Gasteiger partial charge in [-0.2, -0.15) is 0 Å². The Balaban J connectivity index is 3.16. The maximum absolute atomic E-state index is 5.64. The number of benzene rings is 1. The van der Waals surface area contributed by atoms with Crippen molar-refractivity contribution >= 4 is 22.0 Å². The Morgan fingerprint density at radius 2 is 2.00 bits per heavy atom. The molecule has 0 aromatic heterocycles. The first-order chi connectivity index (χ1) is 7.08. The number of methoxy groups -OCH3 is 1. The van der Waals surface area contributed by atoms with Crippen LogP contribution in [0, 0.1) is 0 Å². The monoisotopic (exact) mass is 270 g/mol. The van der Waals surface area contributed by atoms with Crippen molar-refractivity contribution in [2.24, 2.45) is 0 Å². The van der Waals surface area contributed by atoms with Crippen LogP contribution in [0.5, 0.6) is 11.5 Å². The zero-order chi connectivity index (χ0) is 11.4. The minimum Gasteiger partial charge on any atom is -0.493 e. The fourth-order valence-electron chi connectivity index (χ4n) is 1.21. The van der Waals surface area contributed by atoms with E-state index in [-0.39, 0.29) is 6.10 Å². The van der Waals surface area contributed by atoms with Gasteiger partial charge in [0.05, 0.1) is 13.2 Å². The van der Waals surface area contributed by atoms with Crippen molar-refractivity contribution in [2.75, 3.05) is 7.11 Å². The molecule has 0 radical (unpaired) electrons. The normalized spacial score (nSPS) is 10.2. The summed E-state index contributed by atoms with van der Waals surface area (Å²) in [6.45, 7) is 7.70. The Bertz CT molecular complexity index is 359. The molecule has 0 aliphatic heterocycles. The van der Waals surface area contributed by atoms with E-state index in [1.54, 1.807) is 13.2 Å². The first-order valence-corrected chi connectivity index (χ1v) is 5.54. The topological polar surface area (TPSA) is 18.5 Å². The Labute approximate surface area is 99.0 Å². The molecule has 0 atom stereocenters. The SMILES string of the molecule is C=Cc1cc(OC(C)C)c(OC)cc1Br. The molecule has 1 aromatic rings. The van der Waals surface area contributed by atoms with Crippen molar-refractivity contribution in [1.82, 2.24) is 0 Å². The number of hydrogen-bond donors (Lipinski definition) is 0. The number of hydrogen-bond acceptors (Lipinski definition) is 2. The zero-order valence-corrected chi connectivity index (χ0v) is 10.8. The molecule has 0 saturated carbocycles. The Morgan fingerprint density at radius 3 is 2.47 bits per heavy atom. The molecule has 0 spiro atoms. The summed E-state index contributed by atoms with van der Waals surface area (Å²) in [6.07, 6.45) is 1.90. The Hall–Kier alpha value is -0.960. The van der Waals surface area contributed by atoms with Gasteiger partial charge in [-0.15, -0.1) is 0 Å². The van der Waals surface area contributed by atoms with Crippen LogP contribution in [0.25, 0.3) is 6.08 Å². The van der Waals surface area contributed by atoms with Crippen molar-refractivity contribution in [3.63, 3.8) is 0 Å². The fraction of sp³-hybridized carbons (Fsp3) is 0.333. The van der Waals surface area contributed by atoms with Crippen LogP contribution in [0.1, 0.15) is 19.4 Å². The van der Waals surface area contributed by atoms with Gasteiger partial charge in [0, 0.05) is 4.47 Å². The van der Waals surface area contributed by atoms with Crippen LogP contribution >= 0.6 is 15.9 Å².